The van der Waals surface area contributed by atoms with Gasteiger partial charge in [-0.05, 0) is 24.7 Å². The Hall–Kier alpha value is -1.26. The van der Waals surface area contributed by atoms with Gasteiger partial charge in [0.05, 0.1) is 0 Å². The Morgan fingerprint density at radius 3 is 2.53 bits per heavy atom. The van der Waals surface area contributed by atoms with Crippen molar-refractivity contribution in [1.29, 1.82) is 0 Å². The van der Waals surface area contributed by atoms with E-state index in [4.69, 9.17) is 5.11 Å². The summed E-state index contributed by atoms with van der Waals surface area (Å²) in [4.78, 5) is 24.3. The van der Waals surface area contributed by atoms with Crippen LogP contribution in [0.4, 0.5) is 4.79 Å². The van der Waals surface area contributed by atoms with Gasteiger partial charge in [0.15, 0.2) is 0 Å². The van der Waals surface area contributed by atoms with Gasteiger partial charge in [-0.2, -0.15) is 0 Å². The van der Waals surface area contributed by atoms with Crippen molar-refractivity contribution in [3.05, 3.63) is 0 Å². The molecule has 0 saturated heterocycles. The van der Waals surface area contributed by atoms with Gasteiger partial charge < -0.3 is 15.3 Å². The molecule has 0 aromatic carbocycles. The van der Waals surface area contributed by atoms with Gasteiger partial charge >= 0.3 is 12.0 Å². The molecule has 2 N–H and O–H groups in total. The molecular formula is C14H26N2O3. The van der Waals surface area contributed by atoms with Crippen molar-refractivity contribution in [2.24, 2.45) is 11.8 Å². The summed E-state index contributed by atoms with van der Waals surface area (Å²) in [7, 11) is 1.81. The number of carbonyl (C=O) groups excluding carboxylic acids is 1. The van der Waals surface area contributed by atoms with E-state index >= 15 is 0 Å². The first-order valence-electron chi connectivity index (χ1n) is 7.23. The Bertz CT molecular complexity index is 301. The maximum Gasteiger partial charge on any atom is 0.317 e. The molecule has 0 aliphatic heterocycles. The lowest BCUT2D eigenvalue weighted by Crippen LogP contribution is -2.41. The standard InChI is InChI=1S/C14H26N2O3/c1-3-11(8-13(17)18)9-15-14(19)16(2)10-12-6-4-5-7-12/h11-12H,3-10H2,1-2H3,(H,15,19)(H,17,18). The first-order chi connectivity index (χ1) is 9.02. The van der Waals surface area contributed by atoms with Crippen LogP contribution in [0.25, 0.3) is 0 Å². The summed E-state index contributed by atoms with van der Waals surface area (Å²) in [5, 5.41) is 11.6. The Morgan fingerprint density at radius 1 is 1.37 bits per heavy atom. The van der Waals surface area contributed by atoms with Crippen LogP contribution in [0.2, 0.25) is 0 Å². The Balaban J connectivity index is 2.26. The summed E-state index contributed by atoms with van der Waals surface area (Å²) in [6.45, 7) is 3.19. The zero-order valence-corrected chi connectivity index (χ0v) is 12.0. The average molecular weight is 270 g/mol. The van der Waals surface area contributed by atoms with Gasteiger partial charge in [0.25, 0.3) is 0 Å². The lowest BCUT2D eigenvalue weighted by Gasteiger charge is -2.23. The van der Waals surface area contributed by atoms with Gasteiger partial charge in [-0.1, -0.05) is 26.2 Å². The fourth-order valence-electron chi connectivity index (χ4n) is 2.64. The highest BCUT2D eigenvalue weighted by molar-refractivity contribution is 5.74. The van der Waals surface area contributed by atoms with Crippen molar-refractivity contribution in [2.75, 3.05) is 20.1 Å². The number of carboxylic acid groups (broad SMARTS) is 1. The number of nitrogens with one attached hydrogen (secondary N) is 1. The number of nitrogens with zero attached hydrogens (tertiary/aromatic N) is 1. The quantitative estimate of drug-likeness (QED) is 0.746. The zero-order chi connectivity index (χ0) is 14.3. The molecule has 0 radical (unpaired) electrons. The van der Waals surface area contributed by atoms with Crippen molar-refractivity contribution in [3.8, 4) is 0 Å². The molecule has 5 heteroatoms. The molecule has 1 atom stereocenters. The van der Waals surface area contributed by atoms with Gasteiger partial charge in [-0.15, -0.1) is 0 Å². The van der Waals surface area contributed by atoms with E-state index in [0.29, 0.717) is 12.5 Å². The van der Waals surface area contributed by atoms with Crippen LogP contribution in [0.15, 0.2) is 0 Å². The number of hydrogen-bond acceptors (Lipinski definition) is 2. The number of hydrogen-bond donors (Lipinski definition) is 2. The third kappa shape index (κ3) is 5.94. The van der Waals surface area contributed by atoms with Crippen LogP contribution in [0, 0.1) is 11.8 Å². The first kappa shape index (κ1) is 15.8. The van der Waals surface area contributed by atoms with Crippen LogP contribution in [0.3, 0.4) is 0 Å². The molecule has 2 amide bonds. The fraction of sp³-hybridized carbons (Fsp3) is 0.857. The number of carboxylic acids is 1. The van der Waals surface area contributed by atoms with Crippen LogP contribution in [-0.2, 0) is 4.79 Å². The van der Waals surface area contributed by atoms with E-state index in [1.165, 1.54) is 25.7 Å². The van der Waals surface area contributed by atoms with Crippen molar-refractivity contribution in [2.45, 2.75) is 45.4 Å². The molecule has 1 saturated carbocycles. The maximum atomic E-state index is 11.9. The summed E-state index contributed by atoms with van der Waals surface area (Å²) in [5.41, 5.74) is 0. The van der Waals surface area contributed by atoms with Crippen molar-refractivity contribution in [3.63, 3.8) is 0 Å². The molecule has 5 nitrogen and oxygen atoms in total. The lowest BCUT2D eigenvalue weighted by atomic mass is 10.0. The smallest absolute Gasteiger partial charge is 0.317 e. The van der Waals surface area contributed by atoms with E-state index in [9.17, 15) is 9.59 Å². The molecular weight excluding hydrogens is 244 g/mol. The average Bonchev–Trinajstić information content (AvgIpc) is 2.86. The topological polar surface area (TPSA) is 69.6 Å². The zero-order valence-electron chi connectivity index (χ0n) is 12.0. The Kier molecular flexibility index (Phi) is 6.67. The van der Waals surface area contributed by atoms with Crippen molar-refractivity contribution >= 4 is 12.0 Å². The first-order valence-corrected chi connectivity index (χ1v) is 7.23. The van der Waals surface area contributed by atoms with Gasteiger partial charge in [0.1, 0.15) is 0 Å². The van der Waals surface area contributed by atoms with Crippen LogP contribution < -0.4 is 5.32 Å². The molecule has 0 bridgehead atoms. The van der Waals surface area contributed by atoms with E-state index < -0.39 is 5.97 Å². The third-order valence-corrected chi connectivity index (χ3v) is 3.94. The molecule has 1 aliphatic carbocycles. The molecule has 0 spiro atoms. The maximum absolute atomic E-state index is 11.9. The molecule has 19 heavy (non-hydrogen) atoms. The second kappa shape index (κ2) is 8.02. The molecule has 1 unspecified atom stereocenters. The highest BCUT2D eigenvalue weighted by Crippen LogP contribution is 2.25. The monoisotopic (exact) mass is 270 g/mol. The molecule has 0 aromatic rings. The molecule has 0 heterocycles. The number of carbonyl (C=O) groups is 2. The van der Waals surface area contributed by atoms with Crippen LogP contribution in [0.5, 0.6) is 0 Å². The van der Waals surface area contributed by atoms with Crippen LogP contribution in [-0.4, -0.2) is 42.1 Å². The van der Waals surface area contributed by atoms with E-state index in [0.717, 1.165) is 13.0 Å². The van der Waals surface area contributed by atoms with Crippen LogP contribution >= 0.6 is 0 Å². The molecule has 0 aromatic heterocycles. The summed E-state index contributed by atoms with van der Waals surface area (Å²) in [5.74, 6) is -0.154. The number of urea groups is 1. The third-order valence-electron chi connectivity index (χ3n) is 3.94. The van der Waals surface area contributed by atoms with Crippen molar-refractivity contribution in [1.82, 2.24) is 10.2 Å². The number of aliphatic carboxylic acids is 1. The highest BCUT2D eigenvalue weighted by Gasteiger charge is 2.20. The minimum absolute atomic E-state index is 0.0151. The van der Waals surface area contributed by atoms with Crippen LogP contribution in [0.1, 0.15) is 45.4 Å². The molecule has 1 fully saturated rings. The summed E-state index contributed by atoms with van der Waals surface area (Å²) in [6, 6.07) is -0.0873. The van der Waals surface area contributed by atoms with E-state index in [1.54, 1.807) is 4.90 Å². The van der Waals surface area contributed by atoms with E-state index in [2.05, 4.69) is 5.32 Å². The second-order valence-corrected chi connectivity index (χ2v) is 5.59. The normalized spacial score (nSPS) is 17.2. The van der Waals surface area contributed by atoms with E-state index in [-0.39, 0.29) is 18.4 Å². The van der Waals surface area contributed by atoms with Gasteiger partial charge in [0.2, 0.25) is 0 Å². The second-order valence-electron chi connectivity index (χ2n) is 5.59. The predicted molar refractivity (Wildman–Crippen MR) is 74.0 cm³/mol. The van der Waals surface area contributed by atoms with E-state index in [1.807, 2.05) is 14.0 Å². The lowest BCUT2D eigenvalue weighted by molar-refractivity contribution is -0.138. The molecule has 110 valence electrons. The van der Waals surface area contributed by atoms with Gasteiger partial charge in [-0.25, -0.2) is 4.79 Å². The summed E-state index contributed by atoms with van der Waals surface area (Å²) in [6.07, 6.45) is 5.86. The SMILES string of the molecule is CCC(CNC(=O)N(C)CC1CCCC1)CC(=O)O. The van der Waals surface area contributed by atoms with Gasteiger partial charge in [0, 0.05) is 26.6 Å². The Labute approximate surface area is 115 Å². The minimum atomic E-state index is -0.805. The Morgan fingerprint density at radius 2 is 2.00 bits per heavy atom. The largest absolute Gasteiger partial charge is 0.481 e. The number of amides is 2. The predicted octanol–water partition coefficient (Wildman–Crippen LogP) is 2.32. The molecule has 1 aliphatic rings. The molecule has 1 rings (SSSR count). The fourth-order valence-corrected chi connectivity index (χ4v) is 2.64. The van der Waals surface area contributed by atoms with Crippen molar-refractivity contribution < 1.29 is 14.7 Å². The van der Waals surface area contributed by atoms with Gasteiger partial charge in [-0.3, -0.25) is 4.79 Å². The summed E-state index contributed by atoms with van der Waals surface area (Å²) >= 11 is 0. The highest BCUT2D eigenvalue weighted by atomic mass is 16.4. The minimum Gasteiger partial charge on any atom is -0.481 e. The summed E-state index contributed by atoms with van der Waals surface area (Å²) < 4.78 is 0. The number of rotatable bonds is 7.